The van der Waals surface area contributed by atoms with E-state index in [-0.39, 0.29) is 17.2 Å². The van der Waals surface area contributed by atoms with Gasteiger partial charge in [0.1, 0.15) is 0 Å². The summed E-state index contributed by atoms with van der Waals surface area (Å²) in [4.78, 5) is 29.0. The van der Waals surface area contributed by atoms with Crippen LogP contribution in [0.1, 0.15) is 38.3 Å². The minimum absolute atomic E-state index is 0.0274. The molecule has 0 aliphatic carbocycles. The second-order valence-corrected chi connectivity index (χ2v) is 9.30. The van der Waals surface area contributed by atoms with Crippen molar-refractivity contribution >= 4 is 23.2 Å². The van der Waals surface area contributed by atoms with Crippen molar-refractivity contribution in [3.8, 4) is 0 Å². The molecule has 0 aromatic heterocycles. The maximum Gasteiger partial charge on any atom is 0.227 e. The van der Waals surface area contributed by atoms with Gasteiger partial charge in [-0.1, -0.05) is 45.0 Å². The third-order valence-electron chi connectivity index (χ3n) is 5.44. The SMILES string of the molecule is Cc1ccccc1CC(=O)N1CCN(c2ccc(NC(=O)CC(C)(C)C)cc2)CC1. The minimum Gasteiger partial charge on any atom is -0.368 e. The van der Waals surface area contributed by atoms with Gasteiger partial charge in [-0.25, -0.2) is 0 Å². The quantitative estimate of drug-likeness (QED) is 0.806. The molecular formula is C25H33N3O2. The van der Waals surface area contributed by atoms with E-state index in [4.69, 9.17) is 0 Å². The normalized spacial score (nSPS) is 14.5. The van der Waals surface area contributed by atoms with Crippen molar-refractivity contribution in [1.29, 1.82) is 0 Å². The van der Waals surface area contributed by atoms with Gasteiger partial charge in [0.15, 0.2) is 0 Å². The fourth-order valence-corrected chi connectivity index (χ4v) is 3.74. The highest BCUT2D eigenvalue weighted by Gasteiger charge is 2.22. The molecule has 3 rings (SSSR count). The van der Waals surface area contributed by atoms with Crippen LogP contribution in [0.25, 0.3) is 0 Å². The van der Waals surface area contributed by atoms with Crippen LogP contribution in [0.2, 0.25) is 0 Å². The molecule has 5 nitrogen and oxygen atoms in total. The zero-order valence-electron chi connectivity index (χ0n) is 18.6. The van der Waals surface area contributed by atoms with Crippen molar-refractivity contribution in [2.75, 3.05) is 36.4 Å². The summed E-state index contributed by atoms with van der Waals surface area (Å²) in [6.07, 6.45) is 0.961. The lowest BCUT2D eigenvalue weighted by Crippen LogP contribution is -2.49. The molecule has 30 heavy (non-hydrogen) atoms. The summed E-state index contributed by atoms with van der Waals surface area (Å²) < 4.78 is 0. The van der Waals surface area contributed by atoms with Crippen LogP contribution >= 0.6 is 0 Å². The van der Waals surface area contributed by atoms with Gasteiger partial charge in [-0.05, 0) is 47.7 Å². The number of piperazine rings is 1. The summed E-state index contributed by atoms with van der Waals surface area (Å²) in [7, 11) is 0. The number of nitrogens with zero attached hydrogens (tertiary/aromatic N) is 2. The Hall–Kier alpha value is -2.82. The molecule has 1 fully saturated rings. The Labute approximate surface area is 180 Å². The average molecular weight is 408 g/mol. The Morgan fingerprint density at radius 2 is 1.57 bits per heavy atom. The first kappa shape index (κ1) is 21.9. The molecule has 1 saturated heterocycles. The zero-order valence-corrected chi connectivity index (χ0v) is 18.6. The van der Waals surface area contributed by atoms with Crippen LogP contribution in [0.3, 0.4) is 0 Å². The van der Waals surface area contributed by atoms with Gasteiger partial charge in [-0.3, -0.25) is 9.59 Å². The van der Waals surface area contributed by atoms with Crippen LogP contribution in [-0.2, 0) is 16.0 Å². The molecule has 1 aliphatic heterocycles. The molecule has 0 atom stereocenters. The van der Waals surface area contributed by atoms with Gasteiger partial charge in [-0.2, -0.15) is 0 Å². The van der Waals surface area contributed by atoms with E-state index in [2.05, 4.69) is 44.0 Å². The van der Waals surface area contributed by atoms with Crippen molar-refractivity contribution in [2.45, 2.75) is 40.5 Å². The van der Waals surface area contributed by atoms with Crippen molar-refractivity contribution in [1.82, 2.24) is 4.90 Å². The number of nitrogens with one attached hydrogen (secondary N) is 1. The van der Waals surface area contributed by atoms with Crippen LogP contribution in [-0.4, -0.2) is 42.9 Å². The molecule has 5 heteroatoms. The molecule has 2 amide bonds. The molecule has 0 bridgehead atoms. The van der Waals surface area contributed by atoms with E-state index >= 15 is 0 Å². The molecule has 0 spiro atoms. The van der Waals surface area contributed by atoms with E-state index in [1.165, 1.54) is 5.56 Å². The highest BCUT2D eigenvalue weighted by atomic mass is 16.2. The number of amides is 2. The van der Waals surface area contributed by atoms with Gasteiger partial charge < -0.3 is 15.1 Å². The van der Waals surface area contributed by atoms with Crippen molar-refractivity contribution in [3.05, 3.63) is 59.7 Å². The van der Waals surface area contributed by atoms with Gasteiger partial charge in [0.2, 0.25) is 11.8 Å². The van der Waals surface area contributed by atoms with E-state index in [0.29, 0.717) is 12.8 Å². The Balaban J connectivity index is 1.50. The Morgan fingerprint density at radius 3 is 2.17 bits per heavy atom. The molecule has 1 aliphatic rings. The molecule has 0 saturated carbocycles. The molecule has 0 unspecified atom stereocenters. The van der Waals surface area contributed by atoms with Crippen LogP contribution in [0.4, 0.5) is 11.4 Å². The molecule has 2 aromatic carbocycles. The average Bonchev–Trinajstić information content (AvgIpc) is 2.69. The van der Waals surface area contributed by atoms with E-state index < -0.39 is 0 Å². The minimum atomic E-state index is -0.0274. The zero-order chi connectivity index (χ0) is 21.7. The third kappa shape index (κ3) is 6.09. The first-order chi connectivity index (χ1) is 14.2. The predicted octanol–water partition coefficient (Wildman–Crippen LogP) is 4.26. The summed E-state index contributed by atoms with van der Waals surface area (Å²) in [5.41, 5.74) is 4.18. The number of rotatable bonds is 5. The second kappa shape index (κ2) is 9.33. The summed E-state index contributed by atoms with van der Waals surface area (Å²) in [5.74, 6) is 0.233. The summed E-state index contributed by atoms with van der Waals surface area (Å²) >= 11 is 0. The smallest absolute Gasteiger partial charge is 0.227 e. The fourth-order valence-electron chi connectivity index (χ4n) is 3.74. The maximum absolute atomic E-state index is 12.7. The second-order valence-electron chi connectivity index (χ2n) is 9.30. The number of benzene rings is 2. The van der Waals surface area contributed by atoms with E-state index in [1.807, 2.05) is 47.4 Å². The number of anilines is 2. The van der Waals surface area contributed by atoms with Crippen LogP contribution in [0.15, 0.2) is 48.5 Å². The van der Waals surface area contributed by atoms with Crippen molar-refractivity contribution < 1.29 is 9.59 Å². The summed E-state index contributed by atoms with van der Waals surface area (Å²) in [5, 5.41) is 2.97. The standard InChI is InChI=1S/C25H33N3O2/c1-19-7-5-6-8-20(19)17-24(30)28-15-13-27(14-16-28)22-11-9-21(10-12-22)26-23(29)18-25(2,3)4/h5-12H,13-18H2,1-4H3,(H,26,29). The first-order valence-corrected chi connectivity index (χ1v) is 10.7. The Bertz CT molecular complexity index is 876. The monoisotopic (exact) mass is 407 g/mol. The topological polar surface area (TPSA) is 52.7 Å². The van der Waals surface area contributed by atoms with E-state index in [0.717, 1.165) is 43.1 Å². The van der Waals surface area contributed by atoms with Crippen LogP contribution in [0, 0.1) is 12.3 Å². The largest absolute Gasteiger partial charge is 0.368 e. The van der Waals surface area contributed by atoms with Gasteiger partial charge >= 0.3 is 0 Å². The van der Waals surface area contributed by atoms with Gasteiger partial charge in [0.25, 0.3) is 0 Å². The van der Waals surface area contributed by atoms with Crippen LogP contribution in [0.5, 0.6) is 0 Å². The Morgan fingerprint density at radius 1 is 0.933 bits per heavy atom. The predicted molar refractivity (Wildman–Crippen MR) is 123 cm³/mol. The molecular weight excluding hydrogens is 374 g/mol. The molecule has 1 heterocycles. The Kier molecular flexibility index (Phi) is 6.80. The lowest BCUT2D eigenvalue weighted by atomic mass is 9.92. The van der Waals surface area contributed by atoms with E-state index in [1.54, 1.807) is 0 Å². The van der Waals surface area contributed by atoms with E-state index in [9.17, 15) is 9.59 Å². The molecule has 1 N–H and O–H groups in total. The van der Waals surface area contributed by atoms with Crippen molar-refractivity contribution in [3.63, 3.8) is 0 Å². The van der Waals surface area contributed by atoms with Crippen LogP contribution < -0.4 is 10.2 Å². The maximum atomic E-state index is 12.7. The number of hydrogen-bond acceptors (Lipinski definition) is 3. The molecule has 160 valence electrons. The number of carbonyl (C=O) groups excluding carboxylic acids is 2. The lowest BCUT2D eigenvalue weighted by Gasteiger charge is -2.36. The molecule has 2 aromatic rings. The number of aryl methyl sites for hydroxylation is 1. The van der Waals surface area contributed by atoms with Gasteiger partial charge in [0, 0.05) is 44.0 Å². The third-order valence-corrected chi connectivity index (χ3v) is 5.44. The highest BCUT2D eigenvalue weighted by molar-refractivity contribution is 5.91. The first-order valence-electron chi connectivity index (χ1n) is 10.7. The highest BCUT2D eigenvalue weighted by Crippen LogP contribution is 2.22. The summed E-state index contributed by atoms with van der Waals surface area (Å²) in [6.45, 7) is 11.3. The number of hydrogen-bond donors (Lipinski definition) is 1. The number of carbonyl (C=O) groups is 2. The summed E-state index contributed by atoms with van der Waals surface area (Å²) in [6, 6.07) is 16.1. The van der Waals surface area contributed by atoms with Gasteiger partial charge in [0.05, 0.1) is 6.42 Å². The molecule has 0 radical (unpaired) electrons. The van der Waals surface area contributed by atoms with Crippen molar-refractivity contribution in [2.24, 2.45) is 5.41 Å². The van der Waals surface area contributed by atoms with Gasteiger partial charge in [-0.15, -0.1) is 0 Å². The lowest BCUT2D eigenvalue weighted by molar-refractivity contribution is -0.130. The fraction of sp³-hybridized carbons (Fsp3) is 0.440.